The number of hydrogen-bond donors (Lipinski definition) is 0. The molecule has 0 aliphatic heterocycles. The van der Waals surface area contributed by atoms with Gasteiger partial charge >= 0.3 is 0 Å². The largest absolute Gasteiger partial charge is 0.0502 e. The molecule has 0 unspecified atom stereocenters. The van der Waals surface area contributed by atoms with Gasteiger partial charge in [-0.3, -0.25) is 0 Å². The third kappa shape index (κ3) is 0.752. The molecule has 2 rings (SSSR count). The third-order valence-electron chi connectivity index (χ3n) is 2.63. The lowest BCUT2D eigenvalue weighted by Gasteiger charge is -2.05. The van der Waals surface area contributed by atoms with E-state index in [1.54, 1.807) is 32.1 Å². The van der Waals surface area contributed by atoms with Gasteiger partial charge in [-0.05, 0) is 18.3 Å². The minimum atomic E-state index is 0. The highest BCUT2D eigenvalue weighted by Gasteiger charge is 2.30. The van der Waals surface area contributed by atoms with Gasteiger partial charge in [-0.1, -0.05) is 25.7 Å². The molecule has 2 radical (unpaired) electrons. The number of fused-ring (bicyclic) bond motifs is 2. The summed E-state index contributed by atoms with van der Waals surface area (Å²) in [5, 5.41) is 0. The second-order valence-electron chi connectivity index (χ2n) is 3.12. The fourth-order valence-electron chi connectivity index (χ4n) is 2.17. The predicted molar refractivity (Wildman–Crippen MR) is 30.8 cm³/mol. The van der Waals surface area contributed by atoms with Crippen LogP contribution in [0.25, 0.3) is 0 Å². The number of hydrogen-bond acceptors (Lipinski definition) is 0. The molecule has 0 aromatic rings. The Morgan fingerprint density at radius 1 is 0.750 bits per heavy atom. The van der Waals surface area contributed by atoms with Gasteiger partial charge in [0, 0.05) is 5.48 Å². The van der Waals surface area contributed by atoms with E-state index >= 15 is 0 Å². The third-order valence-corrected chi connectivity index (χ3v) is 2.63. The molecular weight excluding hydrogens is 100 g/mol. The Balaban J connectivity index is 0.000000320. The second-order valence-corrected chi connectivity index (χ2v) is 3.12. The molecule has 2 aliphatic rings. The lowest BCUT2D eigenvalue weighted by atomic mass is 10.0. The lowest BCUT2D eigenvalue weighted by Crippen LogP contribution is -1.90. The van der Waals surface area contributed by atoms with Crippen molar-refractivity contribution < 1.29 is 5.48 Å². The first-order valence-corrected chi connectivity index (χ1v) is 3.45. The maximum absolute atomic E-state index is 1.58. The van der Waals surface area contributed by atoms with E-state index in [0.29, 0.717) is 0 Å². The first-order valence-electron chi connectivity index (χ1n) is 3.45. The van der Waals surface area contributed by atoms with E-state index in [1.807, 2.05) is 0 Å². The van der Waals surface area contributed by atoms with Crippen LogP contribution in [-0.4, -0.2) is 0 Å². The Labute approximate surface area is 50.4 Å². The van der Waals surface area contributed by atoms with Crippen LogP contribution < -0.4 is 0 Å². The van der Waals surface area contributed by atoms with Crippen LogP contribution in [0.3, 0.4) is 0 Å². The fraction of sp³-hybridized carbons (Fsp3) is 1.00. The molecule has 2 saturated carbocycles. The molecule has 2 bridgehead atoms. The molecule has 0 aromatic heterocycles. The second kappa shape index (κ2) is 2.06. The van der Waals surface area contributed by atoms with Crippen LogP contribution in [0.15, 0.2) is 0 Å². The summed E-state index contributed by atoms with van der Waals surface area (Å²) in [6.45, 7) is 0. The van der Waals surface area contributed by atoms with Crippen molar-refractivity contribution in [2.24, 2.45) is 11.8 Å². The predicted octanol–water partition coefficient (Wildman–Crippen LogP) is 2.08. The van der Waals surface area contributed by atoms with Crippen molar-refractivity contribution >= 4 is 0 Å². The molecule has 0 heterocycles. The zero-order chi connectivity index (χ0) is 4.69. The maximum Gasteiger partial charge on any atom is 0 e. The maximum atomic E-state index is 1.58. The van der Waals surface area contributed by atoms with Gasteiger partial charge in [0.1, 0.15) is 0 Å². The van der Waals surface area contributed by atoms with E-state index in [1.165, 1.54) is 11.8 Å². The van der Waals surface area contributed by atoms with Gasteiger partial charge < -0.3 is 0 Å². The quantitative estimate of drug-likeness (QED) is 0.459. The highest BCUT2D eigenvalue weighted by atomic mass is 16.0. The first-order chi connectivity index (χ1) is 3.45. The molecule has 0 N–H and O–H groups in total. The molecule has 8 heavy (non-hydrogen) atoms. The van der Waals surface area contributed by atoms with Crippen molar-refractivity contribution in [1.29, 1.82) is 0 Å². The number of rotatable bonds is 0. The Hall–Kier alpha value is -0.0400. The average molecular weight is 112 g/mol. The molecule has 2 fully saturated rings. The van der Waals surface area contributed by atoms with Crippen LogP contribution in [0.4, 0.5) is 0 Å². The molecule has 1 nitrogen and oxygen atoms in total. The molecule has 0 atom stereocenters. The summed E-state index contributed by atoms with van der Waals surface area (Å²) in [5.41, 5.74) is 0. The van der Waals surface area contributed by atoms with Crippen LogP contribution in [-0.2, 0) is 5.48 Å². The molecule has 2 aliphatic carbocycles. The molecule has 0 spiro atoms. The monoisotopic (exact) mass is 112 g/mol. The summed E-state index contributed by atoms with van der Waals surface area (Å²) < 4.78 is 0. The minimum absolute atomic E-state index is 0. The summed E-state index contributed by atoms with van der Waals surface area (Å²) in [5.74, 6) is 2.34. The molecule has 1 heteroatoms. The summed E-state index contributed by atoms with van der Waals surface area (Å²) in [6, 6.07) is 0. The van der Waals surface area contributed by atoms with Crippen molar-refractivity contribution in [3.8, 4) is 0 Å². The van der Waals surface area contributed by atoms with Crippen LogP contribution in [0.5, 0.6) is 0 Å². The fourth-order valence-corrected chi connectivity index (χ4v) is 2.17. The molecule has 0 aromatic carbocycles. The average Bonchev–Trinajstić information content (AvgIpc) is 2.22. The van der Waals surface area contributed by atoms with Gasteiger partial charge in [0.05, 0.1) is 0 Å². The van der Waals surface area contributed by atoms with Crippen molar-refractivity contribution in [2.75, 3.05) is 0 Å². The highest BCUT2D eigenvalue weighted by molar-refractivity contribution is 4.82. The summed E-state index contributed by atoms with van der Waals surface area (Å²) in [7, 11) is 0. The Kier molecular flexibility index (Phi) is 1.57. The van der Waals surface area contributed by atoms with Crippen molar-refractivity contribution in [3.05, 3.63) is 0 Å². The first kappa shape index (κ1) is 6.09. The van der Waals surface area contributed by atoms with Crippen LogP contribution in [0.2, 0.25) is 0 Å². The van der Waals surface area contributed by atoms with Crippen LogP contribution >= 0.6 is 0 Å². The van der Waals surface area contributed by atoms with E-state index in [4.69, 9.17) is 0 Å². The zero-order valence-electron chi connectivity index (χ0n) is 5.10. The van der Waals surface area contributed by atoms with Gasteiger partial charge in [0.25, 0.3) is 0 Å². The summed E-state index contributed by atoms with van der Waals surface area (Å²) in [6.07, 6.45) is 7.82. The standard InChI is InChI=1S/C7H12.O/c1-2-7-4-3-6(1)5-7;/h6-7H,1-5H2;. The Morgan fingerprint density at radius 2 is 1.12 bits per heavy atom. The highest BCUT2D eigenvalue weighted by Crippen LogP contribution is 2.43. The summed E-state index contributed by atoms with van der Waals surface area (Å²) >= 11 is 0. The van der Waals surface area contributed by atoms with E-state index < -0.39 is 0 Å². The smallest absolute Gasteiger partial charge is 0 e. The van der Waals surface area contributed by atoms with Crippen molar-refractivity contribution in [1.82, 2.24) is 0 Å². The van der Waals surface area contributed by atoms with E-state index in [2.05, 4.69) is 0 Å². The molecule has 0 saturated heterocycles. The normalized spacial score (nSPS) is 42.0. The van der Waals surface area contributed by atoms with Crippen LogP contribution in [0.1, 0.15) is 32.1 Å². The Morgan fingerprint density at radius 3 is 1.25 bits per heavy atom. The van der Waals surface area contributed by atoms with Crippen LogP contribution in [0, 0.1) is 11.8 Å². The molecule has 46 valence electrons. The van der Waals surface area contributed by atoms with E-state index in [-0.39, 0.29) is 5.48 Å². The zero-order valence-corrected chi connectivity index (χ0v) is 5.10. The SMILES string of the molecule is C1CC2CCC1C2.[O]. The van der Waals surface area contributed by atoms with Gasteiger partial charge in [0.2, 0.25) is 0 Å². The minimum Gasteiger partial charge on any atom is -0.0502 e. The van der Waals surface area contributed by atoms with Gasteiger partial charge in [-0.15, -0.1) is 0 Å². The van der Waals surface area contributed by atoms with Gasteiger partial charge in [-0.2, -0.15) is 0 Å². The Bertz CT molecular complexity index is 62.5. The van der Waals surface area contributed by atoms with E-state index in [0.717, 1.165) is 0 Å². The van der Waals surface area contributed by atoms with Crippen molar-refractivity contribution in [3.63, 3.8) is 0 Å². The van der Waals surface area contributed by atoms with Gasteiger partial charge in [0.15, 0.2) is 0 Å². The van der Waals surface area contributed by atoms with Gasteiger partial charge in [-0.25, -0.2) is 0 Å². The van der Waals surface area contributed by atoms with E-state index in [9.17, 15) is 0 Å². The molecule has 0 amide bonds. The topological polar surface area (TPSA) is 28.5 Å². The lowest BCUT2D eigenvalue weighted by molar-refractivity contribution is 0.480. The molecular formula is C7H12O. The van der Waals surface area contributed by atoms with Crippen molar-refractivity contribution in [2.45, 2.75) is 32.1 Å². The summed E-state index contributed by atoms with van der Waals surface area (Å²) in [4.78, 5) is 0.